The molecule has 1 atom stereocenters. The van der Waals surface area contributed by atoms with E-state index in [-0.39, 0.29) is 12.6 Å². The number of rotatable bonds is 5. The topological polar surface area (TPSA) is 87.5 Å². The quantitative estimate of drug-likeness (QED) is 0.790. The molecule has 0 aliphatic rings. The Balaban J connectivity index is 2.39. The molecule has 0 radical (unpaired) electrons. The number of aryl methyl sites for hydroxylation is 1. The number of hydrogen-bond acceptors (Lipinski definition) is 3. The number of amides is 2. The van der Waals surface area contributed by atoms with Crippen molar-refractivity contribution in [3.8, 4) is 0 Å². The van der Waals surface area contributed by atoms with Crippen LogP contribution in [0.1, 0.15) is 12.5 Å². The standard InChI is InChI=1S/C11H18N4O3/c1-8(10(16)17)4-12-11(18)14(2)6-9-5-13-15(3)7-9/h5,7-8H,4,6H2,1-3H3,(H,12,18)(H,16,17). The molecule has 0 saturated carbocycles. The largest absolute Gasteiger partial charge is 0.481 e. The lowest BCUT2D eigenvalue weighted by Crippen LogP contribution is -2.40. The Morgan fingerprint density at radius 3 is 2.78 bits per heavy atom. The molecule has 2 N–H and O–H groups in total. The van der Waals surface area contributed by atoms with Crippen LogP contribution < -0.4 is 5.32 Å². The lowest BCUT2D eigenvalue weighted by molar-refractivity contribution is -0.140. The Kier molecular flexibility index (Phi) is 4.70. The summed E-state index contributed by atoms with van der Waals surface area (Å²) in [6, 6.07) is -0.299. The van der Waals surface area contributed by atoms with Crippen molar-refractivity contribution in [2.24, 2.45) is 13.0 Å². The Labute approximate surface area is 105 Å². The molecule has 2 amide bonds. The van der Waals surface area contributed by atoms with Crippen molar-refractivity contribution in [1.82, 2.24) is 20.0 Å². The van der Waals surface area contributed by atoms with Crippen molar-refractivity contribution in [1.29, 1.82) is 0 Å². The summed E-state index contributed by atoms with van der Waals surface area (Å²) in [7, 11) is 3.45. The average molecular weight is 254 g/mol. The number of carbonyl (C=O) groups excluding carboxylic acids is 1. The van der Waals surface area contributed by atoms with Gasteiger partial charge in [0.1, 0.15) is 0 Å². The predicted octanol–water partition coefficient (Wildman–Crippen LogP) is 0.282. The van der Waals surface area contributed by atoms with Crippen molar-refractivity contribution in [3.63, 3.8) is 0 Å². The van der Waals surface area contributed by atoms with Gasteiger partial charge in [-0.3, -0.25) is 9.48 Å². The second-order valence-electron chi connectivity index (χ2n) is 4.30. The molecule has 1 unspecified atom stereocenters. The summed E-state index contributed by atoms with van der Waals surface area (Å²) in [5, 5.41) is 15.3. The number of nitrogens with zero attached hydrogens (tertiary/aromatic N) is 3. The van der Waals surface area contributed by atoms with Gasteiger partial charge in [-0.2, -0.15) is 5.10 Å². The molecular formula is C11H18N4O3. The third-order valence-electron chi connectivity index (χ3n) is 2.51. The van der Waals surface area contributed by atoms with E-state index in [9.17, 15) is 9.59 Å². The zero-order valence-electron chi connectivity index (χ0n) is 10.8. The van der Waals surface area contributed by atoms with Crippen LogP contribution in [0.2, 0.25) is 0 Å². The molecule has 7 nitrogen and oxygen atoms in total. The Hall–Kier alpha value is -2.05. The highest BCUT2D eigenvalue weighted by atomic mass is 16.4. The highest BCUT2D eigenvalue weighted by Crippen LogP contribution is 2.01. The van der Waals surface area contributed by atoms with Crippen LogP contribution >= 0.6 is 0 Å². The second-order valence-corrected chi connectivity index (χ2v) is 4.30. The first-order chi connectivity index (χ1) is 8.40. The monoisotopic (exact) mass is 254 g/mol. The number of aromatic nitrogens is 2. The predicted molar refractivity (Wildman–Crippen MR) is 64.9 cm³/mol. The minimum Gasteiger partial charge on any atom is -0.481 e. The zero-order chi connectivity index (χ0) is 13.7. The molecule has 1 aromatic rings. The van der Waals surface area contributed by atoms with Crippen LogP contribution in [-0.2, 0) is 18.4 Å². The van der Waals surface area contributed by atoms with Crippen molar-refractivity contribution in [3.05, 3.63) is 18.0 Å². The third kappa shape index (κ3) is 4.08. The molecule has 18 heavy (non-hydrogen) atoms. The van der Waals surface area contributed by atoms with E-state index in [1.54, 1.807) is 31.9 Å². The van der Waals surface area contributed by atoms with Crippen LogP contribution in [0.3, 0.4) is 0 Å². The van der Waals surface area contributed by atoms with E-state index in [2.05, 4.69) is 10.4 Å². The first-order valence-corrected chi connectivity index (χ1v) is 5.59. The van der Waals surface area contributed by atoms with Crippen LogP contribution in [0, 0.1) is 5.92 Å². The summed E-state index contributed by atoms with van der Waals surface area (Å²) in [6.07, 6.45) is 3.51. The Morgan fingerprint density at radius 1 is 1.61 bits per heavy atom. The molecule has 0 aromatic carbocycles. The molecule has 100 valence electrons. The van der Waals surface area contributed by atoms with Gasteiger partial charge < -0.3 is 15.3 Å². The Bertz CT molecular complexity index is 430. The van der Waals surface area contributed by atoms with E-state index in [0.29, 0.717) is 6.54 Å². The molecule has 0 fully saturated rings. The molecule has 7 heteroatoms. The van der Waals surface area contributed by atoms with Gasteiger partial charge in [-0.1, -0.05) is 6.92 Å². The summed E-state index contributed by atoms with van der Waals surface area (Å²) in [5.41, 5.74) is 0.918. The normalized spacial score (nSPS) is 11.9. The van der Waals surface area contributed by atoms with E-state index in [0.717, 1.165) is 5.56 Å². The lowest BCUT2D eigenvalue weighted by atomic mass is 10.2. The number of nitrogens with one attached hydrogen (secondary N) is 1. The SMILES string of the molecule is CC(CNC(=O)N(C)Cc1cnn(C)c1)C(=O)O. The van der Waals surface area contributed by atoms with Crippen LogP contribution in [0.25, 0.3) is 0 Å². The van der Waals surface area contributed by atoms with E-state index in [4.69, 9.17) is 5.11 Å². The zero-order valence-corrected chi connectivity index (χ0v) is 10.8. The van der Waals surface area contributed by atoms with Gasteiger partial charge in [0.05, 0.1) is 18.7 Å². The number of urea groups is 1. The molecule has 1 rings (SSSR count). The second kappa shape index (κ2) is 6.04. The van der Waals surface area contributed by atoms with Crippen molar-refractivity contribution in [2.45, 2.75) is 13.5 Å². The molecule has 1 aromatic heterocycles. The highest BCUT2D eigenvalue weighted by Gasteiger charge is 2.14. The highest BCUT2D eigenvalue weighted by molar-refractivity contribution is 5.75. The van der Waals surface area contributed by atoms with Crippen LogP contribution in [-0.4, -0.2) is 45.4 Å². The summed E-state index contributed by atoms with van der Waals surface area (Å²) in [4.78, 5) is 23.8. The maximum Gasteiger partial charge on any atom is 0.317 e. The molecule has 0 aliphatic carbocycles. The van der Waals surface area contributed by atoms with Gasteiger partial charge in [-0.15, -0.1) is 0 Å². The van der Waals surface area contributed by atoms with E-state index >= 15 is 0 Å². The smallest absolute Gasteiger partial charge is 0.317 e. The first-order valence-electron chi connectivity index (χ1n) is 5.59. The summed E-state index contributed by atoms with van der Waals surface area (Å²) >= 11 is 0. The summed E-state index contributed by atoms with van der Waals surface area (Å²) in [6.45, 7) is 2.09. The molecule has 0 spiro atoms. The maximum absolute atomic E-state index is 11.7. The van der Waals surface area contributed by atoms with E-state index < -0.39 is 11.9 Å². The van der Waals surface area contributed by atoms with Crippen LogP contribution in [0.4, 0.5) is 4.79 Å². The molecular weight excluding hydrogens is 236 g/mol. The van der Waals surface area contributed by atoms with Gasteiger partial charge in [0.25, 0.3) is 0 Å². The minimum absolute atomic E-state index is 0.117. The van der Waals surface area contributed by atoms with Gasteiger partial charge in [0.15, 0.2) is 0 Å². The van der Waals surface area contributed by atoms with E-state index in [1.807, 2.05) is 6.20 Å². The first kappa shape index (κ1) is 14.0. The fourth-order valence-corrected chi connectivity index (χ4v) is 1.36. The average Bonchev–Trinajstić information content (AvgIpc) is 2.70. The molecule has 1 heterocycles. The van der Waals surface area contributed by atoms with Crippen molar-refractivity contribution >= 4 is 12.0 Å². The third-order valence-corrected chi connectivity index (χ3v) is 2.51. The van der Waals surface area contributed by atoms with E-state index in [1.165, 1.54) is 4.90 Å². The number of aliphatic carboxylic acids is 1. The van der Waals surface area contributed by atoms with Gasteiger partial charge in [-0.05, 0) is 0 Å². The number of carbonyl (C=O) groups is 2. The van der Waals surface area contributed by atoms with Gasteiger partial charge >= 0.3 is 12.0 Å². The molecule has 0 saturated heterocycles. The molecule has 0 aliphatic heterocycles. The fraction of sp³-hybridized carbons (Fsp3) is 0.545. The van der Waals surface area contributed by atoms with Gasteiger partial charge in [-0.25, -0.2) is 4.79 Å². The Morgan fingerprint density at radius 2 is 2.28 bits per heavy atom. The number of carboxylic acids is 1. The van der Waals surface area contributed by atoms with Crippen LogP contribution in [0.15, 0.2) is 12.4 Å². The van der Waals surface area contributed by atoms with Crippen molar-refractivity contribution in [2.75, 3.05) is 13.6 Å². The molecule has 0 bridgehead atoms. The van der Waals surface area contributed by atoms with Gasteiger partial charge in [0.2, 0.25) is 0 Å². The van der Waals surface area contributed by atoms with Crippen molar-refractivity contribution < 1.29 is 14.7 Å². The fourth-order valence-electron chi connectivity index (χ4n) is 1.36. The summed E-state index contributed by atoms with van der Waals surface area (Å²) in [5.74, 6) is -1.52. The van der Waals surface area contributed by atoms with Gasteiger partial charge in [0, 0.05) is 32.4 Å². The maximum atomic E-state index is 11.7. The van der Waals surface area contributed by atoms with Crippen LogP contribution in [0.5, 0.6) is 0 Å². The number of hydrogen-bond donors (Lipinski definition) is 2. The number of carboxylic acid groups (broad SMARTS) is 1. The minimum atomic E-state index is -0.926. The lowest BCUT2D eigenvalue weighted by Gasteiger charge is -2.18. The summed E-state index contributed by atoms with van der Waals surface area (Å²) < 4.78 is 1.66.